The van der Waals surface area contributed by atoms with Gasteiger partial charge in [0.1, 0.15) is 10.1 Å². The highest BCUT2D eigenvalue weighted by Crippen LogP contribution is 2.34. The zero-order valence-electron chi connectivity index (χ0n) is 20.6. The molecule has 1 atom stereocenters. The van der Waals surface area contributed by atoms with E-state index in [1.165, 1.54) is 17.6 Å². The molecule has 2 saturated heterocycles. The minimum atomic E-state index is -0.439. The second-order valence-electron chi connectivity index (χ2n) is 8.86. The molecule has 0 spiro atoms. The molecule has 200 valence electrons. The van der Waals surface area contributed by atoms with Gasteiger partial charge in [-0.25, -0.2) is 0 Å². The summed E-state index contributed by atoms with van der Waals surface area (Å²) >= 11 is 13.9. The van der Waals surface area contributed by atoms with Gasteiger partial charge >= 0.3 is 0 Å². The van der Waals surface area contributed by atoms with Crippen molar-refractivity contribution >= 4 is 52.4 Å². The maximum atomic E-state index is 13.2. The van der Waals surface area contributed by atoms with Gasteiger partial charge in [-0.15, -0.1) is 11.3 Å². The van der Waals surface area contributed by atoms with Crippen LogP contribution in [0.25, 0.3) is 5.76 Å². The molecule has 1 unspecified atom stereocenters. The first kappa shape index (κ1) is 28.0. The van der Waals surface area contributed by atoms with E-state index in [-0.39, 0.29) is 24.0 Å². The van der Waals surface area contributed by atoms with Gasteiger partial charge in [0.25, 0.3) is 5.91 Å². The summed E-state index contributed by atoms with van der Waals surface area (Å²) in [6.45, 7) is 6.94. The van der Waals surface area contributed by atoms with Gasteiger partial charge in [-0.3, -0.25) is 14.7 Å². The summed E-state index contributed by atoms with van der Waals surface area (Å²) < 4.78 is 11.6. The summed E-state index contributed by atoms with van der Waals surface area (Å²) in [5.41, 5.74) is 1.37. The Bertz CT molecular complexity index is 1090. The molecule has 3 N–H and O–H groups in total. The molecule has 4 rings (SSSR count). The lowest BCUT2D eigenvalue weighted by atomic mass is 10.1. The third-order valence-corrected chi connectivity index (χ3v) is 7.79. The maximum absolute atomic E-state index is 13.2. The van der Waals surface area contributed by atoms with E-state index < -0.39 is 5.91 Å². The number of aliphatic imine (C=N–C) groups is 1. The van der Waals surface area contributed by atoms with E-state index in [1.54, 1.807) is 12.1 Å². The molecule has 8 nitrogen and oxygen atoms in total. The van der Waals surface area contributed by atoms with Gasteiger partial charge in [0.15, 0.2) is 0 Å². The molecule has 1 aromatic heterocycles. The number of aliphatic hydroxyl groups is 1. The molecule has 37 heavy (non-hydrogen) atoms. The third-order valence-electron chi connectivity index (χ3n) is 6.16. The minimum absolute atomic E-state index is 0.0475. The molecule has 0 aliphatic carbocycles. The zero-order chi connectivity index (χ0) is 26.0. The highest BCUT2D eigenvalue weighted by Gasteiger charge is 2.22. The van der Waals surface area contributed by atoms with Crippen LogP contribution in [-0.2, 0) is 27.2 Å². The van der Waals surface area contributed by atoms with Crippen molar-refractivity contribution in [3.05, 3.63) is 61.3 Å². The molecule has 3 heterocycles. The van der Waals surface area contributed by atoms with Crippen LogP contribution in [0.4, 0.5) is 0 Å². The number of nitrogens with zero attached hydrogens (tertiary/aromatic N) is 2. The van der Waals surface area contributed by atoms with Crippen molar-refractivity contribution in [2.75, 3.05) is 59.1 Å². The fourth-order valence-corrected chi connectivity index (χ4v) is 5.60. The molecule has 0 radical (unpaired) electrons. The summed E-state index contributed by atoms with van der Waals surface area (Å²) in [6.07, 6.45) is 2.16. The molecule has 2 aliphatic rings. The number of thiophene rings is 1. The number of carbonyl (C=O) groups excluding carboxylic acids is 1. The van der Waals surface area contributed by atoms with Crippen molar-refractivity contribution in [2.45, 2.75) is 19.1 Å². The van der Waals surface area contributed by atoms with Gasteiger partial charge in [0.05, 0.1) is 38.0 Å². The Morgan fingerprint density at radius 1 is 1.24 bits per heavy atom. The maximum Gasteiger partial charge on any atom is 0.256 e. The van der Waals surface area contributed by atoms with Crippen LogP contribution in [0.3, 0.4) is 0 Å². The molecular weight excluding hydrogens is 535 g/mol. The van der Waals surface area contributed by atoms with Crippen LogP contribution in [0.5, 0.6) is 0 Å². The van der Waals surface area contributed by atoms with E-state index >= 15 is 0 Å². The number of morpholine rings is 2. The van der Waals surface area contributed by atoms with Crippen LogP contribution in [0.2, 0.25) is 9.36 Å². The number of aliphatic hydroxyl groups excluding tert-OH is 1. The Labute approximate surface area is 231 Å². The number of halogens is 2. The van der Waals surface area contributed by atoms with Crippen molar-refractivity contribution < 1.29 is 19.4 Å². The Balaban J connectivity index is 1.49. The van der Waals surface area contributed by atoms with Gasteiger partial charge in [-0.2, -0.15) is 0 Å². The number of carbonyl (C=O) groups is 1. The SMILES string of the molecule is O=C(NCc1ccc(Cl)cc1)C(C=NCCN1CCOCC1)=C(O)c1cc(CC2CNCCO2)sc1Cl. The molecular formula is C26H32Cl2N4O4S. The molecule has 11 heteroatoms. The number of hydrogen-bond acceptors (Lipinski definition) is 8. The summed E-state index contributed by atoms with van der Waals surface area (Å²) in [7, 11) is 0. The fraction of sp³-hybridized carbons (Fsp3) is 0.462. The normalized spacial score (nSPS) is 19.7. The van der Waals surface area contributed by atoms with Crippen molar-refractivity contribution in [3.63, 3.8) is 0 Å². The number of benzene rings is 1. The van der Waals surface area contributed by atoms with Crippen LogP contribution in [0.1, 0.15) is 16.0 Å². The number of nitrogens with one attached hydrogen (secondary N) is 2. The molecule has 2 fully saturated rings. The fourth-order valence-electron chi connectivity index (χ4n) is 4.09. The Hall–Kier alpha value is -1.98. The molecule has 1 aromatic carbocycles. The lowest BCUT2D eigenvalue weighted by molar-refractivity contribution is -0.117. The minimum Gasteiger partial charge on any atom is -0.506 e. The zero-order valence-corrected chi connectivity index (χ0v) is 22.9. The van der Waals surface area contributed by atoms with E-state index in [9.17, 15) is 9.90 Å². The molecule has 0 bridgehead atoms. The van der Waals surface area contributed by atoms with Crippen LogP contribution in [-0.4, -0.2) is 87.3 Å². The lowest BCUT2D eigenvalue weighted by Crippen LogP contribution is -2.39. The second-order valence-corrected chi connectivity index (χ2v) is 11.0. The molecule has 0 saturated carbocycles. The van der Waals surface area contributed by atoms with Crippen molar-refractivity contribution in [2.24, 2.45) is 4.99 Å². The summed E-state index contributed by atoms with van der Waals surface area (Å²) in [6, 6.07) is 9.04. The number of amides is 1. The van der Waals surface area contributed by atoms with Crippen molar-refractivity contribution in [3.8, 4) is 0 Å². The smallest absolute Gasteiger partial charge is 0.256 e. The third kappa shape index (κ3) is 8.51. The Morgan fingerprint density at radius 3 is 2.76 bits per heavy atom. The topological polar surface area (TPSA) is 95.4 Å². The average Bonchev–Trinajstić information content (AvgIpc) is 3.28. The monoisotopic (exact) mass is 566 g/mol. The van der Waals surface area contributed by atoms with Crippen molar-refractivity contribution in [1.82, 2.24) is 15.5 Å². The standard InChI is InChI=1S/C26H32Cl2N4O4S/c27-19-3-1-18(2-4-19)15-31-26(34)23(17-29-5-7-32-8-11-35-12-9-32)24(33)22-14-21(37-25(22)28)13-20-16-30-6-10-36-20/h1-4,14,17,20,30,33H,5-13,15-16H2,(H,31,34). The summed E-state index contributed by atoms with van der Waals surface area (Å²) in [4.78, 5) is 20.9. The van der Waals surface area contributed by atoms with Gasteiger partial charge in [0, 0.05) is 67.4 Å². The predicted octanol–water partition coefficient (Wildman–Crippen LogP) is 3.57. The first-order valence-corrected chi connectivity index (χ1v) is 13.9. The first-order valence-electron chi connectivity index (χ1n) is 12.4. The Morgan fingerprint density at radius 2 is 2.03 bits per heavy atom. The van der Waals surface area contributed by atoms with E-state index in [1.807, 2.05) is 18.2 Å². The van der Waals surface area contributed by atoms with E-state index in [2.05, 4.69) is 20.5 Å². The summed E-state index contributed by atoms with van der Waals surface area (Å²) in [5, 5.41) is 18.0. The number of ether oxygens (including phenoxy) is 2. The lowest BCUT2D eigenvalue weighted by Gasteiger charge is -2.25. The predicted molar refractivity (Wildman–Crippen MR) is 149 cm³/mol. The number of hydrogen-bond donors (Lipinski definition) is 3. The second kappa shape index (κ2) is 14.2. The largest absolute Gasteiger partial charge is 0.506 e. The van der Waals surface area contributed by atoms with Crippen LogP contribution >= 0.6 is 34.5 Å². The quantitative estimate of drug-likeness (QED) is 0.231. The number of rotatable bonds is 10. The van der Waals surface area contributed by atoms with E-state index in [4.69, 9.17) is 32.7 Å². The van der Waals surface area contributed by atoms with E-state index in [0.29, 0.717) is 47.7 Å². The van der Waals surface area contributed by atoms with Crippen molar-refractivity contribution in [1.29, 1.82) is 0 Å². The average molecular weight is 568 g/mol. The van der Waals surface area contributed by atoms with E-state index in [0.717, 1.165) is 43.2 Å². The highest BCUT2D eigenvalue weighted by atomic mass is 35.5. The van der Waals surface area contributed by atoms with Crippen LogP contribution in [0, 0.1) is 0 Å². The van der Waals surface area contributed by atoms with Crippen LogP contribution in [0.15, 0.2) is 40.9 Å². The molecule has 2 aliphatic heterocycles. The summed E-state index contributed by atoms with van der Waals surface area (Å²) in [5.74, 6) is -0.634. The van der Waals surface area contributed by atoms with Gasteiger partial charge in [-0.1, -0.05) is 35.3 Å². The van der Waals surface area contributed by atoms with Gasteiger partial charge < -0.3 is 25.2 Å². The first-order chi connectivity index (χ1) is 18.0. The molecule has 1 amide bonds. The van der Waals surface area contributed by atoms with Crippen LogP contribution < -0.4 is 10.6 Å². The Kier molecular flexibility index (Phi) is 10.8. The van der Waals surface area contributed by atoms with Gasteiger partial charge in [0.2, 0.25) is 0 Å². The molecule has 2 aromatic rings. The highest BCUT2D eigenvalue weighted by molar-refractivity contribution is 7.16. The van der Waals surface area contributed by atoms with Gasteiger partial charge in [-0.05, 0) is 23.8 Å².